The third-order valence-corrected chi connectivity index (χ3v) is 7.89. The molecule has 1 unspecified atom stereocenters. The molecule has 11 heteroatoms. The summed E-state index contributed by atoms with van der Waals surface area (Å²) >= 11 is 0. The van der Waals surface area contributed by atoms with Crippen molar-refractivity contribution in [3.8, 4) is 5.75 Å². The highest BCUT2D eigenvalue weighted by atomic mass is 32.2. The zero-order valence-corrected chi connectivity index (χ0v) is 23.5. The van der Waals surface area contributed by atoms with E-state index in [2.05, 4.69) is 5.32 Å². The molecule has 0 aliphatic rings. The van der Waals surface area contributed by atoms with Gasteiger partial charge in [-0.05, 0) is 86.5 Å². The van der Waals surface area contributed by atoms with Gasteiger partial charge in [-0.3, -0.25) is 13.9 Å². The Morgan fingerprint density at radius 1 is 0.900 bits per heavy atom. The van der Waals surface area contributed by atoms with Crippen LogP contribution in [0.25, 0.3) is 0 Å². The predicted octanol–water partition coefficient (Wildman–Crippen LogP) is 4.50. The number of anilines is 1. The number of ether oxygens (including phenoxy) is 1. The first-order chi connectivity index (χ1) is 19.1. The van der Waals surface area contributed by atoms with Crippen LogP contribution in [0.5, 0.6) is 5.75 Å². The van der Waals surface area contributed by atoms with Crippen molar-refractivity contribution in [3.05, 3.63) is 90.0 Å². The van der Waals surface area contributed by atoms with Gasteiger partial charge in [-0.1, -0.05) is 19.1 Å². The molecule has 0 aliphatic heterocycles. The average Bonchev–Trinajstić information content (AvgIpc) is 2.94. The van der Waals surface area contributed by atoms with E-state index in [1.807, 2.05) is 13.8 Å². The molecule has 0 heterocycles. The van der Waals surface area contributed by atoms with Crippen LogP contribution < -0.4 is 14.4 Å². The Morgan fingerprint density at radius 3 is 2.02 bits per heavy atom. The number of rotatable bonds is 13. The van der Waals surface area contributed by atoms with Gasteiger partial charge in [0.1, 0.15) is 30.0 Å². The number of hydrogen-bond acceptors (Lipinski definition) is 5. The Hall–Kier alpha value is -3.99. The van der Waals surface area contributed by atoms with Crippen molar-refractivity contribution in [2.24, 2.45) is 0 Å². The second kappa shape index (κ2) is 13.9. The van der Waals surface area contributed by atoms with Crippen molar-refractivity contribution in [2.45, 2.75) is 44.7 Å². The SMILES string of the molecule is CCCNC(=O)C(C)N(Cc1ccc(F)cc1)C(=O)CN(c1ccc(OCC)cc1)S(=O)(=O)c1ccc(F)cc1. The molecule has 1 atom stereocenters. The summed E-state index contributed by atoms with van der Waals surface area (Å²) < 4.78 is 60.9. The van der Waals surface area contributed by atoms with E-state index in [4.69, 9.17) is 4.74 Å². The van der Waals surface area contributed by atoms with Crippen molar-refractivity contribution in [2.75, 3.05) is 24.0 Å². The largest absolute Gasteiger partial charge is 0.494 e. The monoisotopic (exact) mass is 573 g/mol. The van der Waals surface area contributed by atoms with E-state index in [9.17, 15) is 26.8 Å². The summed E-state index contributed by atoms with van der Waals surface area (Å²) in [5.74, 6) is -1.63. The summed E-state index contributed by atoms with van der Waals surface area (Å²) in [6, 6.07) is 14.9. The third kappa shape index (κ3) is 7.78. The Kier molecular flexibility index (Phi) is 10.6. The lowest BCUT2D eigenvalue weighted by Crippen LogP contribution is -2.51. The van der Waals surface area contributed by atoms with Crippen LogP contribution in [0.4, 0.5) is 14.5 Å². The molecule has 1 N–H and O–H groups in total. The predicted molar refractivity (Wildman–Crippen MR) is 148 cm³/mol. The molecule has 3 rings (SSSR count). The summed E-state index contributed by atoms with van der Waals surface area (Å²) in [6.45, 7) is 5.34. The number of nitrogens with one attached hydrogen (secondary N) is 1. The molecule has 3 aromatic carbocycles. The molecule has 2 amide bonds. The zero-order valence-electron chi connectivity index (χ0n) is 22.6. The fraction of sp³-hybridized carbons (Fsp3) is 0.310. The van der Waals surface area contributed by atoms with Gasteiger partial charge in [0, 0.05) is 13.1 Å². The van der Waals surface area contributed by atoms with Gasteiger partial charge in [0.25, 0.3) is 10.0 Å². The lowest BCUT2D eigenvalue weighted by molar-refractivity contribution is -0.139. The van der Waals surface area contributed by atoms with Gasteiger partial charge in [0.2, 0.25) is 11.8 Å². The Morgan fingerprint density at radius 2 is 1.48 bits per heavy atom. The van der Waals surface area contributed by atoms with E-state index in [1.54, 1.807) is 19.1 Å². The van der Waals surface area contributed by atoms with Crippen LogP contribution in [0, 0.1) is 11.6 Å². The van der Waals surface area contributed by atoms with Crippen LogP contribution in [0.2, 0.25) is 0 Å². The molecule has 40 heavy (non-hydrogen) atoms. The van der Waals surface area contributed by atoms with Crippen LogP contribution in [0.3, 0.4) is 0 Å². The van der Waals surface area contributed by atoms with Gasteiger partial charge >= 0.3 is 0 Å². The first-order valence-corrected chi connectivity index (χ1v) is 14.3. The minimum absolute atomic E-state index is 0.0620. The molecule has 0 aromatic heterocycles. The highest BCUT2D eigenvalue weighted by Crippen LogP contribution is 2.27. The first-order valence-electron chi connectivity index (χ1n) is 12.9. The normalized spacial score (nSPS) is 11.9. The number of amides is 2. The van der Waals surface area contributed by atoms with Crippen LogP contribution in [-0.2, 0) is 26.2 Å². The van der Waals surface area contributed by atoms with Gasteiger partial charge in [0.15, 0.2) is 0 Å². The molecule has 0 fully saturated rings. The van der Waals surface area contributed by atoms with Crippen LogP contribution in [0.15, 0.2) is 77.7 Å². The number of sulfonamides is 1. The number of carbonyl (C=O) groups is 2. The van der Waals surface area contributed by atoms with Crippen molar-refractivity contribution in [1.82, 2.24) is 10.2 Å². The fourth-order valence-electron chi connectivity index (χ4n) is 3.90. The Balaban J connectivity index is 2.01. The topological polar surface area (TPSA) is 96.0 Å². The summed E-state index contributed by atoms with van der Waals surface area (Å²) in [4.78, 5) is 27.7. The van der Waals surface area contributed by atoms with Crippen LogP contribution in [-0.4, -0.2) is 50.9 Å². The van der Waals surface area contributed by atoms with Gasteiger partial charge in [-0.2, -0.15) is 0 Å². The van der Waals surface area contributed by atoms with Crippen molar-refractivity contribution >= 4 is 27.5 Å². The fourth-order valence-corrected chi connectivity index (χ4v) is 5.32. The van der Waals surface area contributed by atoms with Crippen molar-refractivity contribution in [3.63, 3.8) is 0 Å². The summed E-state index contributed by atoms with van der Waals surface area (Å²) in [7, 11) is -4.33. The van der Waals surface area contributed by atoms with E-state index >= 15 is 0 Å². The maximum Gasteiger partial charge on any atom is 0.264 e. The number of nitrogens with zero attached hydrogens (tertiary/aromatic N) is 2. The Bertz CT molecular complexity index is 1380. The molecular weight excluding hydrogens is 540 g/mol. The minimum atomic E-state index is -4.33. The standard InChI is InChI=1S/C29H33F2N3O5S/c1-4-18-32-29(36)21(3)33(19-22-6-8-23(30)9-7-22)28(35)20-34(25-12-14-26(15-13-25)39-5-2)40(37,38)27-16-10-24(31)11-17-27/h6-17,21H,4-5,18-20H2,1-3H3,(H,32,36). The lowest BCUT2D eigenvalue weighted by Gasteiger charge is -2.32. The highest BCUT2D eigenvalue weighted by molar-refractivity contribution is 7.92. The second-order valence-electron chi connectivity index (χ2n) is 9.01. The number of benzene rings is 3. The van der Waals surface area contributed by atoms with Crippen molar-refractivity contribution < 1.29 is 31.5 Å². The number of carbonyl (C=O) groups excluding carboxylic acids is 2. The van der Waals surface area contributed by atoms with Crippen molar-refractivity contribution in [1.29, 1.82) is 0 Å². The first kappa shape index (κ1) is 30.6. The molecule has 0 bridgehead atoms. The average molecular weight is 574 g/mol. The van der Waals surface area contributed by atoms with E-state index in [0.29, 0.717) is 30.9 Å². The van der Waals surface area contributed by atoms with E-state index in [-0.39, 0.29) is 17.1 Å². The minimum Gasteiger partial charge on any atom is -0.494 e. The highest BCUT2D eigenvalue weighted by Gasteiger charge is 2.32. The lowest BCUT2D eigenvalue weighted by atomic mass is 10.1. The van der Waals surface area contributed by atoms with Crippen LogP contribution >= 0.6 is 0 Å². The number of halogens is 2. The molecule has 0 saturated heterocycles. The summed E-state index contributed by atoms with van der Waals surface area (Å²) in [5, 5.41) is 2.75. The van der Waals surface area contributed by atoms with E-state index < -0.39 is 46.1 Å². The maximum absolute atomic E-state index is 13.8. The van der Waals surface area contributed by atoms with Gasteiger partial charge in [-0.15, -0.1) is 0 Å². The molecular formula is C29H33F2N3O5S. The zero-order chi connectivity index (χ0) is 29.3. The quantitative estimate of drug-likeness (QED) is 0.325. The molecule has 0 aliphatic carbocycles. The smallest absolute Gasteiger partial charge is 0.264 e. The molecule has 0 spiro atoms. The molecule has 214 valence electrons. The molecule has 0 radical (unpaired) electrons. The van der Waals surface area contributed by atoms with Crippen LogP contribution in [0.1, 0.15) is 32.8 Å². The number of hydrogen-bond donors (Lipinski definition) is 1. The van der Waals surface area contributed by atoms with Gasteiger partial charge in [-0.25, -0.2) is 17.2 Å². The van der Waals surface area contributed by atoms with Gasteiger partial charge < -0.3 is 15.0 Å². The molecule has 0 saturated carbocycles. The van der Waals surface area contributed by atoms with E-state index in [0.717, 1.165) is 28.6 Å². The Labute approximate surface area is 233 Å². The second-order valence-corrected chi connectivity index (χ2v) is 10.9. The van der Waals surface area contributed by atoms with E-state index in [1.165, 1.54) is 41.3 Å². The maximum atomic E-state index is 13.8. The molecule has 8 nitrogen and oxygen atoms in total. The summed E-state index contributed by atoms with van der Waals surface area (Å²) in [5.41, 5.74) is 0.727. The third-order valence-electron chi connectivity index (χ3n) is 6.10. The van der Waals surface area contributed by atoms with Gasteiger partial charge in [0.05, 0.1) is 17.2 Å². The summed E-state index contributed by atoms with van der Waals surface area (Å²) in [6.07, 6.45) is 0.686. The molecule has 3 aromatic rings.